The minimum Gasteiger partial charge on any atom is -0.444 e. The van der Waals surface area contributed by atoms with Gasteiger partial charge in [0.2, 0.25) is 0 Å². The molecule has 0 radical (unpaired) electrons. The van der Waals surface area contributed by atoms with Crippen molar-refractivity contribution < 1.29 is 9.15 Å². The highest BCUT2D eigenvalue weighted by molar-refractivity contribution is 5.60. The molecule has 0 aliphatic heterocycles. The number of methoxy groups -OCH3 is 1. The first-order chi connectivity index (χ1) is 8.70. The van der Waals surface area contributed by atoms with Gasteiger partial charge in [0.15, 0.2) is 12.2 Å². The fraction of sp³-hybridized carbons (Fsp3) is 0.357. The van der Waals surface area contributed by atoms with E-state index in [0.717, 1.165) is 17.0 Å². The zero-order chi connectivity index (χ0) is 13.0. The van der Waals surface area contributed by atoms with Gasteiger partial charge < -0.3 is 14.5 Å². The molecule has 0 saturated heterocycles. The van der Waals surface area contributed by atoms with E-state index in [0.29, 0.717) is 0 Å². The molecule has 0 spiro atoms. The third kappa shape index (κ3) is 2.90. The molecule has 0 saturated carbocycles. The molecule has 4 heteroatoms. The fourth-order valence-corrected chi connectivity index (χ4v) is 1.67. The van der Waals surface area contributed by atoms with Crippen molar-refractivity contribution in [1.82, 2.24) is 4.98 Å². The molecule has 0 amide bonds. The van der Waals surface area contributed by atoms with Crippen molar-refractivity contribution in [3.63, 3.8) is 0 Å². The number of anilines is 1. The topological polar surface area (TPSA) is 47.3 Å². The van der Waals surface area contributed by atoms with Crippen LogP contribution < -0.4 is 5.32 Å². The van der Waals surface area contributed by atoms with E-state index in [1.54, 1.807) is 13.3 Å². The van der Waals surface area contributed by atoms with Gasteiger partial charge in [0.1, 0.15) is 0 Å². The molecule has 0 aliphatic rings. The van der Waals surface area contributed by atoms with Crippen molar-refractivity contribution in [2.45, 2.75) is 26.0 Å². The Kier molecular flexibility index (Phi) is 3.99. The molecule has 1 aromatic carbocycles. The summed E-state index contributed by atoms with van der Waals surface area (Å²) in [6.07, 6.45) is 3.31. The number of ether oxygens (including phenoxy) is 1. The van der Waals surface area contributed by atoms with Crippen LogP contribution in [0.1, 0.15) is 13.8 Å². The normalized spacial score (nSPS) is 14.2. The maximum absolute atomic E-state index is 5.28. The number of nitrogens with zero attached hydrogens (tertiary/aromatic N) is 1. The predicted octanol–water partition coefficient (Wildman–Crippen LogP) is 3.18. The highest BCUT2D eigenvalue weighted by Crippen LogP contribution is 2.21. The second-order valence-corrected chi connectivity index (χ2v) is 4.32. The molecule has 0 aliphatic carbocycles. The smallest absolute Gasteiger partial charge is 0.181 e. The molecule has 0 fully saturated rings. The summed E-state index contributed by atoms with van der Waals surface area (Å²) in [7, 11) is 1.72. The quantitative estimate of drug-likeness (QED) is 0.880. The van der Waals surface area contributed by atoms with Gasteiger partial charge in [0.25, 0.3) is 0 Å². The van der Waals surface area contributed by atoms with Crippen molar-refractivity contribution in [2.24, 2.45) is 0 Å². The van der Waals surface area contributed by atoms with Gasteiger partial charge in [0.05, 0.1) is 12.3 Å². The van der Waals surface area contributed by atoms with Crippen LogP contribution in [-0.2, 0) is 4.74 Å². The lowest BCUT2D eigenvalue weighted by atomic mass is 10.1. The van der Waals surface area contributed by atoms with Gasteiger partial charge in [-0.05, 0) is 38.1 Å². The third-order valence-electron chi connectivity index (χ3n) is 3.07. The van der Waals surface area contributed by atoms with Gasteiger partial charge in [-0.25, -0.2) is 4.98 Å². The van der Waals surface area contributed by atoms with Crippen LogP contribution in [0.25, 0.3) is 11.3 Å². The molecule has 1 aromatic heterocycles. The first kappa shape index (κ1) is 12.6. The molecule has 4 nitrogen and oxygen atoms in total. The zero-order valence-corrected chi connectivity index (χ0v) is 10.9. The van der Waals surface area contributed by atoms with Crippen LogP contribution in [0.3, 0.4) is 0 Å². The standard InChI is InChI=1S/C14H18N2O2/c1-10(11(2)17-3)16-13-6-4-12(5-7-13)14-8-15-9-18-14/h4-11,16H,1-3H3. The van der Waals surface area contributed by atoms with E-state index in [1.165, 1.54) is 6.39 Å². The average molecular weight is 246 g/mol. The molecule has 18 heavy (non-hydrogen) atoms. The van der Waals surface area contributed by atoms with Crippen molar-refractivity contribution in [3.8, 4) is 11.3 Å². The second-order valence-electron chi connectivity index (χ2n) is 4.32. The Hall–Kier alpha value is -1.81. The maximum atomic E-state index is 5.28. The highest BCUT2D eigenvalue weighted by atomic mass is 16.5. The summed E-state index contributed by atoms with van der Waals surface area (Å²) in [5.41, 5.74) is 2.08. The Morgan fingerprint density at radius 2 is 1.94 bits per heavy atom. The van der Waals surface area contributed by atoms with E-state index in [-0.39, 0.29) is 12.1 Å². The minimum atomic E-state index is 0.166. The van der Waals surface area contributed by atoms with Crippen LogP contribution in [0.5, 0.6) is 0 Å². The first-order valence-corrected chi connectivity index (χ1v) is 5.99. The van der Waals surface area contributed by atoms with Crippen LogP contribution in [0.15, 0.2) is 41.3 Å². The lowest BCUT2D eigenvalue weighted by Crippen LogP contribution is -2.29. The average Bonchev–Trinajstić information content (AvgIpc) is 2.92. The Labute approximate surface area is 107 Å². The molecule has 2 atom stereocenters. The van der Waals surface area contributed by atoms with Gasteiger partial charge in [-0.15, -0.1) is 0 Å². The van der Waals surface area contributed by atoms with Crippen LogP contribution >= 0.6 is 0 Å². The van der Waals surface area contributed by atoms with Crippen LogP contribution in [-0.4, -0.2) is 24.2 Å². The van der Waals surface area contributed by atoms with Gasteiger partial charge in [0, 0.05) is 24.4 Å². The van der Waals surface area contributed by atoms with Gasteiger partial charge in [-0.3, -0.25) is 0 Å². The lowest BCUT2D eigenvalue weighted by molar-refractivity contribution is 0.106. The van der Waals surface area contributed by atoms with E-state index in [4.69, 9.17) is 9.15 Å². The van der Waals surface area contributed by atoms with E-state index >= 15 is 0 Å². The summed E-state index contributed by atoms with van der Waals surface area (Å²) in [5.74, 6) is 0.778. The Morgan fingerprint density at radius 1 is 1.22 bits per heavy atom. The van der Waals surface area contributed by atoms with Crippen molar-refractivity contribution >= 4 is 5.69 Å². The summed E-state index contributed by atoms with van der Waals surface area (Å²) in [6.45, 7) is 4.14. The first-order valence-electron chi connectivity index (χ1n) is 5.99. The fourth-order valence-electron chi connectivity index (χ4n) is 1.67. The monoisotopic (exact) mass is 246 g/mol. The van der Waals surface area contributed by atoms with E-state index in [9.17, 15) is 0 Å². The van der Waals surface area contributed by atoms with E-state index in [1.807, 2.05) is 31.2 Å². The highest BCUT2D eigenvalue weighted by Gasteiger charge is 2.10. The Morgan fingerprint density at radius 3 is 2.50 bits per heavy atom. The number of benzene rings is 1. The number of aromatic nitrogens is 1. The zero-order valence-electron chi connectivity index (χ0n) is 10.9. The molecule has 1 N–H and O–H groups in total. The van der Waals surface area contributed by atoms with Gasteiger partial charge >= 0.3 is 0 Å². The van der Waals surface area contributed by atoms with Crippen molar-refractivity contribution in [3.05, 3.63) is 36.9 Å². The van der Waals surface area contributed by atoms with Crippen LogP contribution in [0.2, 0.25) is 0 Å². The number of oxazole rings is 1. The van der Waals surface area contributed by atoms with E-state index in [2.05, 4.69) is 17.2 Å². The predicted molar refractivity (Wildman–Crippen MR) is 71.5 cm³/mol. The maximum Gasteiger partial charge on any atom is 0.181 e. The van der Waals surface area contributed by atoms with Gasteiger partial charge in [-0.2, -0.15) is 0 Å². The van der Waals surface area contributed by atoms with E-state index < -0.39 is 0 Å². The van der Waals surface area contributed by atoms with Gasteiger partial charge in [-0.1, -0.05) is 0 Å². The summed E-state index contributed by atoms with van der Waals surface area (Å²) in [5, 5.41) is 3.39. The van der Waals surface area contributed by atoms with Crippen LogP contribution in [0.4, 0.5) is 5.69 Å². The number of rotatable bonds is 5. The summed E-state index contributed by atoms with van der Waals surface area (Å²) in [4.78, 5) is 3.90. The molecule has 96 valence electrons. The summed E-state index contributed by atoms with van der Waals surface area (Å²) < 4.78 is 10.5. The van der Waals surface area contributed by atoms with Crippen molar-refractivity contribution in [1.29, 1.82) is 0 Å². The molecule has 2 aromatic rings. The lowest BCUT2D eigenvalue weighted by Gasteiger charge is -2.21. The number of nitrogens with one attached hydrogen (secondary N) is 1. The largest absolute Gasteiger partial charge is 0.444 e. The molecule has 1 heterocycles. The number of hydrogen-bond acceptors (Lipinski definition) is 4. The summed E-state index contributed by atoms with van der Waals surface area (Å²) in [6, 6.07) is 8.32. The molecule has 2 rings (SSSR count). The molecular formula is C14H18N2O2. The molecule has 0 bridgehead atoms. The summed E-state index contributed by atoms with van der Waals surface area (Å²) >= 11 is 0. The number of hydrogen-bond donors (Lipinski definition) is 1. The molecular weight excluding hydrogens is 228 g/mol. The second kappa shape index (κ2) is 5.69. The third-order valence-corrected chi connectivity index (χ3v) is 3.07. The SMILES string of the molecule is COC(C)C(C)Nc1ccc(-c2cnco2)cc1. The Balaban J connectivity index is 2.04. The van der Waals surface area contributed by atoms with Crippen LogP contribution in [0, 0.1) is 0 Å². The Bertz CT molecular complexity index is 465. The molecule has 2 unspecified atom stereocenters. The van der Waals surface area contributed by atoms with Crippen molar-refractivity contribution in [2.75, 3.05) is 12.4 Å². The minimum absolute atomic E-state index is 0.166.